The molecule has 0 spiro atoms. The highest BCUT2D eigenvalue weighted by molar-refractivity contribution is 6.30. The van der Waals surface area contributed by atoms with Gasteiger partial charge in [-0.2, -0.15) is 5.10 Å². The number of nitrogens with zero attached hydrogens (tertiary/aromatic N) is 3. The van der Waals surface area contributed by atoms with Crippen molar-refractivity contribution < 1.29 is 9.53 Å². The lowest BCUT2D eigenvalue weighted by Crippen LogP contribution is -2.37. The largest absolute Gasteiger partial charge is 0.481 e. The van der Waals surface area contributed by atoms with Gasteiger partial charge >= 0.3 is 0 Å². The molecule has 1 aromatic heterocycles. The quantitative estimate of drug-likeness (QED) is 0.720. The molecule has 0 unspecified atom stereocenters. The molecule has 0 aliphatic carbocycles. The van der Waals surface area contributed by atoms with Crippen molar-refractivity contribution in [1.29, 1.82) is 0 Å². The molecule has 0 saturated heterocycles. The Morgan fingerprint density at radius 2 is 1.81 bits per heavy atom. The highest BCUT2D eigenvalue weighted by Gasteiger charge is 2.17. The van der Waals surface area contributed by atoms with Gasteiger partial charge in [-0.25, -0.2) is 9.67 Å². The van der Waals surface area contributed by atoms with Gasteiger partial charge in [0, 0.05) is 5.02 Å². The van der Waals surface area contributed by atoms with Crippen LogP contribution in [0.1, 0.15) is 25.5 Å². The average Bonchev–Trinajstić information content (AvgIpc) is 3.18. The van der Waals surface area contributed by atoms with Gasteiger partial charge in [-0.3, -0.25) is 4.79 Å². The minimum atomic E-state index is -0.618. The van der Waals surface area contributed by atoms with Crippen molar-refractivity contribution in [1.82, 2.24) is 20.1 Å². The number of rotatable bonds is 6. The van der Waals surface area contributed by atoms with E-state index in [1.807, 2.05) is 31.2 Å². The Labute approximate surface area is 156 Å². The third-order valence-electron chi connectivity index (χ3n) is 3.93. The summed E-state index contributed by atoms with van der Waals surface area (Å²) >= 11 is 5.85. The smallest absolute Gasteiger partial charge is 0.261 e. The minimum absolute atomic E-state index is 0.149. The summed E-state index contributed by atoms with van der Waals surface area (Å²) in [5, 5.41) is 7.67. The van der Waals surface area contributed by atoms with Gasteiger partial charge in [0.25, 0.3) is 5.91 Å². The van der Waals surface area contributed by atoms with Crippen LogP contribution in [-0.4, -0.2) is 26.8 Å². The number of halogens is 1. The predicted molar refractivity (Wildman–Crippen MR) is 99.5 cm³/mol. The number of carbonyl (C=O) groups excluding carboxylic acids is 1. The maximum Gasteiger partial charge on any atom is 0.261 e. The summed E-state index contributed by atoms with van der Waals surface area (Å²) in [6, 6.07) is 14.5. The van der Waals surface area contributed by atoms with Crippen LogP contribution >= 0.6 is 11.6 Å². The van der Waals surface area contributed by atoms with E-state index in [1.54, 1.807) is 42.2 Å². The maximum atomic E-state index is 12.4. The van der Waals surface area contributed by atoms with E-state index < -0.39 is 6.10 Å². The van der Waals surface area contributed by atoms with Gasteiger partial charge in [-0.05, 0) is 55.8 Å². The molecule has 0 aliphatic heterocycles. The molecule has 2 atom stereocenters. The van der Waals surface area contributed by atoms with Crippen LogP contribution < -0.4 is 10.1 Å². The summed E-state index contributed by atoms with van der Waals surface area (Å²) in [6.45, 7) is 3.64. The van der Waals surface area contributed by atoms with Crippen molar-refractivity contribution in [2.24, 2.45) is 0 Å². The van der Waals surface area contributed by atoms with E-state index in [1.165, 1.54) is 6.33 Å². The second-order valence-electron chi connectivity index (χ2n) is 5.88. The van der Waals surface area contributed by atoms with Crippen molar-refractivity contribution >= 4 is 17.5 Å². The Balaban J connectivity index is 1.58. The van der Waals surface area contributed by atoms with Gasteiger partial charge in [0.2, 0.25) is 0 Å². The summed E-state index contributed by atoms with van der Waals surface area (Å²) < 4.78 is 7.32. The number of nitrogens with one attached hydrogen (secondary N) is 1. The number of amides is 1. The summed E-state index contributed by atoms with van der Waals surface area (Å²) in [4.78, 5) is 16.3. The second-order valence-corrected chi connectivity index (χ2v) is 6.31. The monoisotopic (exact) mass is 370 g/mol. The molecule has 134 valence electrons. The first kappa shape index (κ1) is 17.9. The van der Waals surface area contributed by atoms with Crippen molar-refractivity contribution in [2.45, 2.75) is 26.0 Å². The van der Waals surface area contributed by atoms with Crippen LogP contribution in [0, 0.1) is 0 Å². The molecule has 1 N–H and O–H groups in total. The molecular formula is C19H19ClN4O2. The van der Waals surface area contributed by atoms with Crippen molar-refractivity contribution in [3.05, 3.63) is 71.8 Å². The molecule has 3 rings (SSSR count). The molecule has 7 heteroatoms. The average molecular weight is 371 g/mol. The molecule has 6 nitrogen and oxygen atoms in total. The highest BCUT2D eigenvalue weighted by Crippen LogP contribution is 2.18. The Kier molecular flexibility index (Phi) is 5.53. The molecule has 0 aliphatic rings. The lowest BCUT2D eigenvalue weighted by atomic mass is 10.1. The Morgan fingerprint density at radius 3 is 2.42 bits per heavy atom. The highest BCUT2D eigenvalue weighted by atomic mass is 35.5. The fraction of sp³-hybridized carbons (Fsp3) is 0.211. The zero-order valence-corrected chi connectivity index (χ0v) is 15.2. The standard InChI is InChI=1S/C19H19ClN4O2/c1-13(15-3-7-17(8-4-15)24-12-21-11-22-24)23-19(25)14(2)26-18-9-5-16(20)6-10-18/h3-14H,1-2H3,(H,23,25)/t13-,14-/m1/s1. The molecule has 0 saturated carbocycles. The van der Waals surface area contributed by atoms with Crippen molar-refractivity contribution in [3.8, 4) is 11.4 Å². The molecule has 26 heavy (non-hydrogen) atoms. The molecule has 2 aromatic carbocycles. The SMILES string of the molecule is C[C@@H](Oc1ccc(Cl)cc1)C(=O)N[C@H](C)c1ccc(-n2cncn2)cc1. The van der Waals surface area contributed by atoms with E-state index in [-0.39, 0.29) is 11.9 Å². The van der Waals surface area contributed by atoms with E-state index in [2.05, 4.69) is 15.4 Å². The molecular weight excluding hydrogens is 352 g/mol. The number of hydrogen-bond acceptors (Lipinski definition) is 4. The van der Waals surface area contributed by atoms with Crippen LogP contribution in [0.2, 0.25) is 5.02 Å². The molecule has 3 aromatic rings. The van der Waals surface area contributed by atoms with E-state index in [0.717, 1.165) is 11.3 Å². The summed E-state index contributed by atoms with van der Waals surface area (Å²) in [5.41, 5.74) is 1.89. The van der Waals surface area contributed by atoms with E-state index >= 15 is 0 Å². The van der Waals surface area contributed by atoms with E-state index in [9.17, 15) is 4.79 Å². The van der Waals surface area contributed by atoms with Crippen LogP contribution in [0.5, 0.6) is 5.75 Å². The summed E-state index contributed by atoms with van der Waals surface area (Å²) in [7, 11) is 0. The molecule has 1 amide bonds. The fourth-order valence-corrected chi connectivity index (χ4v) is 2.57. The van der Waals surface area contributed by atoms with Crippen molar-refractivity contribution in [3.63, 3.8) is 0 Å². The molecule has 0 bridgehead atoms. The lowest BCUT2D eigenvalue weighted by molar-refractivity contribution is -0.127. The first-order valence-electron chi connectivity index (χ1n) is 8.20. The Hall–Kier alpha value is -2.86. The van der Waals surface area contributed by atoms with Crippen LogP contribution in [0.3, 0.4) is 0 Å². The van der Waals surface area contributed by atoms with Gasteiger partial charge in [0.05, 0.1) is 11.7 Å². The van der Waals surface area contributed by atoms with E-state index in [0.29, 0.717) is 10.8 Å². The molecule has 1 heterocycles. The first-order valence-corrected chi connectivity index (χ1v) is 8.58. The number of carbonyl (C=O) groups is 1. The zero-order chi connectivity index (χ0) is 18.5. The number of benzene rings is 2. The van der Waals surface area contributed by atoms with Gasteiger partial charge in [-0.15, -0.1) is 0 Å². The first-order chi connectivity index (χ1) is 12.5. The number of aromatic nitrogens is 3. The minimum Gasteiger partial charge on any atom is -0.481 e. The number of hydrogen-bond donors (Lipinski definition) is 1. The summed E-state index contributed by atoms with van der Waals surface area (Å²) in [5.74, 6) is 0.412. The summed E-state index contributed by atoms with van der Waals surface area (Å²) in [6.07, 6.45) is 2.50. The zero-order valence-electron chi connectivity index (χ0n) is 14.5. The fourth-order valence-electron chi connectivity index (χ4n) is 2.44. The Bertz CT molecular complexity index is 848. The topological polar surface area (TPSA) is 69.0 Å². The third-order valence-corrected chi connectivity index (χ3v) is 4.18. The maximum absolute atomic E-state index is 12.4. The van der Waals surface area contributed by atoms with Crippen LogP contribution in [0.4, 0.5) is 0 Å². The third kappa shape index (κ3) is 4.40. The number of ether oxygens (including phenoxy) is 1. The van der Waals surface area contributed by atoms with Gasteiger partial charge in [0.15, 0.2) is 6.10 Å². The van der Waals surface area contributed by atoms with Crippen LogP contribution in [0.25, 0.3) is 5.69 Å². The molecule has 0 radical (unpaired) electrons. The van der Waals surface area contributed by atoms with Gasteiger partial charge in [0.1, 0.15) is 18.4 Å². The van der Waals surface area contributed by atoms with Crippen LogP contribution in [-0.2, 0) is 4.79 Å². The lowest BCUT2D eigenvalue weighted by Gasteiger charge is -2.19. The van der Waals surface area contributed by atoms with Gasteiger partial charge in [-0.1, -0.05) is 23.7 Å². The van der Waals surface area contributed by atoms with E-state index in [4.69, 9.17) is 16.3 Å². The molecule has 0 fully saturated rings. The van der Waals surface area contributed by atoms with Crippen LogP contribution in [0.15, 0.2) is 61.2 Å². The second kappa shape index (κ2) is 8.01. The predicted octanol–water partition coefficient (Wildman–Crippen LogP) is 3.57. The van der Waals surface area contributed by atoms with Crippen molar-refractivity contribution in [2.75, 3.05) is 0 Å². The van der Waals surface area contributed by atoms with Gasteiger partial charge < -0.3 is 10.1 Å². The normalized spacial score (nSPS) is 13.0. The Morgan fingerprint density at radius 1 is 1.12 bits per heavy atom.